The van der Waals surface area contributed by atoms with Gasteiger partial charge in [-0.05, 0) is 42.2 Å². The van der Waals surface area contributed by atoms with Crippen molar-refractivity contribution in [1.82, 2.24) is 0 Å². The SMILES string of the molecule is COC(=O)[C@@H]1[C@@H]2CC[C@@H](C2)[C@@H]1C(=O)OCC(=O)c1ccc(-c2ccccc2)cc1. The first kappa shape index (κ1) is 19.4. The summed E-state index contributed by atoms with van der Waals surface area (Å²) in [6.07, 6.45) is 2.72. The van der Waals surface area contributed by atoms with Gasteiger partial charge in [-0.15, -0.1) is 0 Å². The van der Waals surface area contributed by atoms with Crippen LogP contribution in [0.25, 0.3) is 11.1 Å². The number of fused-ring (bicyclic) bond motifs is 2. The van der Waals surface area contributed by atoms with Gasteiger partial charge in [-0.1, -0.05) is 54.6 Å². The molecule has 0 N–H and O–H groups in total. The Hall–Kier alpha value is -2.95. The van der Waals surface area contributed by atoms with E-state index in [-0.39, 0.29) is 30.2 Å². The Labute approximate surface area is 170 Å². The van der Waals surface area contributed by atoms with Gasteiger partial charge in [0.1, 0.15) is 0 Å². The summed E-state index contributed by atoms with van der Waals surface area (Å²) in [6, 6.07) is 17.1. The number of hydrogen-bond acceptors (Lipinski definition) is 5. The van der Waals surface area contributed by atoms with Crippen molar-refractivity contribution in [2.75, 3.05) is 13.7 Å². The maximum absolute atomic E-state index is 12.7. The van der Waals surface area contributed by atoms with Gasteiger partial charge >= 0.3 is 11.9 Å². The van der Waals surface area contributed by atoms with E-state index in [0.29, 0.717) is 5.56 Å². The molecule has 0 aliphatic heterocycles. The molecule has 0 saturated heterocycles. The molecule has 150 valence electrons. The standard InChI is InChI=1S/C24H24O5/c1-28-23(26)21-18-11-12-19(13-18)22(21)24(27)29-14-20(25)17-9-7-16(8-10-17)15-5-3-2-4-6-15/h2-10,18-19,21-22H,11-14H2,1H3/t18-,19+,21-,22+/m1/s1. The summed E-state index contributed by atoms with van der Waals surface area (Å²) in [7, 11) is 1.35. The molecule has 2 aliphatic carbocycles. The highest BCUT2D eigenvalue weighted by Gasteiger charge is 2.55. The number of hydrogen-bond donors (Lipinski definition) is 0. The number of ketones is 1. The molecule has 2 aromatic carbocycles. The van der Waals surface area contributed by atoms with Crippen LogP contribution in [0.2, 0.25) is 0 Å². The quantitative estimate of drug-likeness (QED) is 0.551. The van der Waals surface area contributed by atoms with E-state index < -0.39 is 17.8 Å². The largest absolute Gasteiger partial charge is 0.469 e. The predicted octanol–water partition coefficient (Wildman–Crippen LogP) is 3.91. The van der Waals surface area contributed by atoms with Gasteiger partial charge in [0.15, 0.2) is 12.4 Å². The highest BCUT2D eigenvalue weighted by Crippen LogP contribution is 2.53. The number of Topliss-reactive ketones (excluding diaryl/α,β-unsaturated/α-hetero) is 1. The second-order valence-electron chi connectivity index (χ2n) is 7.88. The van der Waals surface area contributed by atoms with E-state index in [1.165, 1.54) is 7.11 Å². The van der Waals surface area contributed by atoms with Crippen LogP contribution in [-0.4, -0.2) is 31.4 Å². The van der Waals surface area contributed by atoms with Crippen LogP contribution < -0.4 is 0 Å². The number of carbonyl (C=O) groups is 3. The molecular formula is C24H24O5. The zero-order valence-electron chi connectivity index (χ0n) is 16.4. The lowest BCUT2D eigenvalue weighted by Crippen LogP contribution is -2.37. The summed E-state index contributed by atoms with van der Waals surface area (Å²) in [6.45, 7) is -0.314. The van der Waals surface area contributed by atoms with E-state index in [1.54, 1.807) is 12.1 Å². The van der Waals surface area contributed by atoms with E-state index in [1.807, 2.05) is 42.5 Å². The maximum Gasteiger partial charge on any atom is 0.310 e. The fourth-order valence-electron chi connectivity index (χ4n) is 4.90. The summed E-state index contributed by atoms with van der Waals surface area (Å²) in [4.78, 5) is 37.3. The Kier molecular flexibility index (Phi) is 5.47. The van der Waals surface area contributed by atoms with Gasteiger partial charge in [0, 0.05) is 5.56 Å². The zero-order valence-corrected chi connectivity index (χ0v) is 16.4. The fraction of sp³-hybridized carbons (Fsp3) is 0.375. The third-order valence-corrected chi connectivity index (χ3v) is 6.32. The van der Waals surface area contributed by atoms with Crippen molar-refractivity contribution in [1.29, 1.82) is 0 Å². The first-order valence-electron chi connectivity index (χ1n) is 10.0. The Morgan fingerprint density at radius 1 is 0.828 bits per heavy atom. The molecule has 0 amide bonds. The Balaban J connectivity index is 1.38. The van der Waals surface area contributed by atoms with Gasteiger partial charge in [-0.25, -0.2) is 0 Å². The molecule has 0 spiro atoms. The maximum atomic E-state index is 12.7. The number of ether oxygens (including phenoxy) is 2. The van der Waals surface area contributed by atoms with Crippen LogP contribution in [0.1, 0.15) is 29.6 Å². The molecule has 2 aliphatic rings. The highest BCUT2D eigenvalue weighted by molar-refractivity contribution is 5.98. The molecule has 0 radical (unpaired) electrons. The van der Waals surface area contributed by atoms with E-state index in [9.17, 15) is 14.4 Å². The third-order valence-electron chi connectivity index (χ3n) is 6.32. The lowest BCUT2D eigenvalue weighted by atomic mass is 9.79. The molecule has 2 bridgehead atoms. The van der Waals surface area contributed by atoms with Gasteiger partial charge in [-0.3, -0.25) is 14.4 Å². The molecule has 4 atom stereocenters. The minimum absolute atomic E-state index is 0.150. The summed E-state index contributed by atoms with van der Waals surface area (Å²) in [5.74, 6) is -1.65. The Morgan fingerprint density at radius 3 is 2.03 bits per heavy atom. The van der Waals surface area contributed by atoms with E-state index in [4.69, 9.17) is 9.47 Å². The molecule has 5 heteroatoms. The summed E-state index contributed by atoms with van der Waals surface area (Å²) in [5.41, 5.74) is 2.58. The number of benzene rings is 2. The highest BCUT2D eigenvalue weighted by atomic mass is 16.5. The second-order valence-corrected chi connectivity index (χ2v) is 7.88. The lowest BCUT2D eigenvalue weighted by Gasteiger charge is -2.27. The molecule has 0 heterocycles. The third kappa shape index (κ3) is 3.82. The van der Waals surface area contributed by atoms with Crippen molar-refractivity contribution < 1.29 is 23.9 Å². The van der Waals surface area contributed by atoms with Crippen molar-refractivity contribution >= 4 is 17.7 Å². The summed E-state index contributed by atoms with van der Waals surface area (Å²) in [5, 5.41) is 0. The van der Waals surface area contributed by atoms with Crippen LogP contribution in [0.3, 0.4) is 0 Å². The normalized spacial score (nSPS) is 24.9. The molecule has 0 unspecified atom stereocenters. The average Bonchev–Trinajstić information content (AvgIpc) is 3.39. The zero-order chi connectivity index (χ0) is 20.4. The Bertz CT molecular complexity index is 903. The smallest absolute Gasteiger partial charge is 0.310 e. The van der Waals surface area contributed by atoms with Crippen LogP contribution in [0, 0.1) is 23.7 Å². The number of methoxy groups -OCH3 is 1. The molecule has 2 saturated carbocycles. The summed E-state index contributed by atoms with van der Waals surface area (Å²) < 4.78 is 10.2. The topological polar surface area (TPSA) is 69.7 Å². The van der Waals surface area contributed by atoms with Crippen molar-refractivity contribution in [3.63, 3.8) is 0 Å². The van der Waals surface area contributed by atoms with Crippen LogP contribution >= 0.6 is 0 Å². The number of esters is 2. The van der Waals surface area contributed by atoms with Crippen molar-refractivity contribution in [3.05, 3.63) is 60.2 Å². The van der Waals surface area contributed by atoms with Gasteiger partial charge in [0.05, 0.1) is 18.9 Å². The molecule has 2 aromatic rings. The van der Waals surface area contributed by atoms with E-state index in [2.05, 4.69) is 0 Å². The molecule has 29 heavy (non-hydrogen) atoms. The van der Waals surface area contributed by atoms with Crippen LogP contribution in [0.5, 0.6) is 0 Å². The van der Waals surface area contributed by atoms with Crippen molar-refractivity contribution in [2.45, 2.75) is 19.3 Å². The van der Waals surface area contributed by atoms with Crippen LogP contribution in [0.15, 0.2) is 54.6 Å². The van der Waals surface area contributed by atoms with Crippen LogP contribution in [-0.2, 0) is 19.1 Å². The minimum Gasteiger partial charge on any atom is -0.469 e. The van der Waals surface area contributed by atoms with Gasteiger partial charge in [-0.2, -0.15) is 0 Å². The molecule has 5 nitrogen and oxygen atoms in total. The van der Waals surface area contributed by atoms with Gasteiger partial charge in [0.2, 0.25) is 0 Å². The minimum atomic E-state index is -0.491. The average molecular weight is 392 g/mol. The first-order valence-corrected chi connectivity index (χ1v) is 10.0. The molecule has 4 rings (SSSR count). The van der Waals surface area contributed by atoms with E-state index >= 15 is 0 Å². The first-order chi connectivity index (χ1) is 14.1. The summed E-state index contributed by atoms with van der Waals surface area (Å²) >= 11 is 0. The van der Waals surface area contributed by atoms with Gasteiger partial charge < -0.3 is 9.47 Å². The Morgan fingerprint density at radius 2 is 1.41 bits per heavy atom. The number of carbonyl (C=O) groups excluding carboxylic acids is 3. The molecule has 0 aromatic heterocycles. The monoisotopic (exact) mass is 392 g/mol. The predicted molar refractivity (Wildman–Crippen MR) is 107 cm³/mol. The lowest BCUT2D eigenvalue weighted by molar-refractivity contribution is -0.161. The van der Waals surface area contributed by atoms with Crippen LogP contribution in [0.4, 0.5) is 0 Å². The second kappa shape index (κ2) is 8.19. The number of rotatable bonds is 6. The molecular weight excluding hydrogens is 368 g/mol. The fourth-order valence-corrected chi connectivity index (χ4v) is 4.90. The van der Waals surface area contributed by atoms with Gasteiger partial charge in [0.25, 0.3) is 0 Å². The van der Waals surface area contributed by atoms with Crippen molar-refractivity contribution in [3.8, 4) is 11.1 Å². The molecule has 2 fully saturated rings. The van der Waals surface area contributed by atoms with Crippen molar-refractivity contribution in [2.24, 2.45) is 23.7 Å². The van der Waals surface area contributed by atoms with E-state index in [0.717, 1.165) is 30.4 Å².